The number of hydrogen-bond donors (Lipinski definition) is 1. The van der Waals surface area contributed by atoms with Gasteiger partial charge in [-0.3, -0.25) is 4.98 Å². The van der Waals surface area contributed by atoms with Crippen LogP contribution < -0.4 is 4.74 Å². The quantitative estimate of drug-likeness (QED) is 0.812. The predicted octanol–water partition coefficient (Wildman–Crippen LogP) is 2.84. The van der Waals surface area contributed by atoms with Crippen LogP contribution >= 0.6 is 19.8 Å². The van der Waals surface area contributed by atoms with Crippen LogP contribution in [0, 0.1) is 3.57 Å². The molecule has 1 aromatic heterocycles. The minimum Gasteiger partial charge on any atom is -0.497 e. The van der Waals surface area contributed by atoms with E-state index in [9.17, 15) is 10.9 Å². The zero-order valence-corrected chi connectivity index (χ0v) is 12.7. The SMILES string of the molecule is COc1ccncc1.O=C(O)c1ccccc1I(=O)=O. The fourth-order valence-corrected chi connectivity index (χ4v) is 2.63. The highest BCUT2D eigenvalue weighted by Crippen LogP contribution is 2.20. The molecule has 7 heteroatoms. The smallest absolute Gasteiger partial charge is 0.341 e. The molecule has 0 saturated carbocycles. The molecule has 0 atom stereocenters. The first-order valence-electron chi connectivity index (χ1n) is 5.38. The molecule has 1 heterocycles. The third kappa shape index (κ3) is 4.92. The number of methoxy groups -OCH3 is 1. The highest BCUT2D eigenvalue weighted by Gasteiger charge is 2.11. The van der Waals surface area contributed by atoms with E-state index in [1.54, 1.807) is 31.6 Å². The summed E-state index contributed by atoms with van der Waals surface area (Å²) in [4.78, 5) is 14.3. The second-order valence-electron chi connectivity index (χ2n) is 3.39. The standard InChI is InChI=1S/C7H5IO4.C6H7NO/c9-7(10)5-3-1-2-4-6(5)8(11)12;1-8-6-2-4-7-5-3-6/h1-4H,(H,9,10);2-5H,1H3. The number of carboxylic acid groups (broad SMARTS) is 1. The van der Waals surface area contributed by atoms with Gasteiger partial charge in [-0.15, -0.1) is 0 Å². The number of carbonyl (C=O) groups is 1. The zero-order valence-electron chi connectivity index (χ0n) is 10.5. The van der Waals surface area contributed by atoms with Gasteiger partial charge in [-0.25, -0.2) is 10.9 Å². The third-order valence-corrected chi connectivity index (χ3v) is 4.05. The molecule has 6 nitrogen and oxygen atoms in total. The second kappa shape index (κ2) is 8.20. The van der Waals surface area contributed by atoms with Crippen LogP contribution in [0.25, 0.3) is 0 Å². The van der Waals surface area contributed by atoms with Gasteiger partial charge in [-0.05, 0) is 24.3 Å². The molecule has 0 aliphatic heterocycles. The molecular formula is C13H12INO5. The van der Waals surface area contributed by atoms with Crippen LogP contribution in [0.1, 0.15) is 10.4 Å². The maximum absolute atomic E-state index is 10.6. The number of halogens is 1. The molecule has 1 N–H and O–H groups in total. The lowest BCUT2D eigenvalue weighted by molar-refractivity contribution is 0.0695. The Morgan fingerprint density at radius 3 is 2.15 bits per heavy atom. The van der Waals surface area contributed by atoms with Crippen molar-refractivity contribution < 1.29 is 20.8 Å². The first-order valence-corrected chi connectivity index (χ1v) is 8.22. The van der Waals surface area contributed by atoms with Crippen LogP contribution in [-0.2, 0) is 6.14 Å². The first kappa shape index (κ1) is 16.0. The van der Waals surface area contributed by atoms with E-state index in [4.69, 9.17) is 9.84 Å². The summed E-state index contributed by atoms with van der Waals surface area (Å²) in [6.45, 7) is 0. The molecule has 106 valence electrons. The number of benzene rings is 1. The number of carboxylic acids is 1. The summed E-state index contributed by atoms with van der Waals surface area (Å²) >= 11 is -3.67. The lowest BCUT2D eigenvalue weighted by Gasteiger charge is -1.94. The van der Waals surface area contributed by atoms with Crippen molar-refractivity contribution in [3.63, 3.8) is 0 Å². The van der Waals surface area contributed by atoms with Crippen LogP contribution in [0.2, 0.25) is 0 Å². The van der Waals surface area contributed by atoms with E-state index in [2.05, 4.69) is 4.98 Å². The lowest BCUT2D eigenvalue weighted by Crippen LogP contribution is -1.98. The highest BCUT2D eigenvalue weighted by atomic mass is 127. The van der Waals surface area contributed by atoms with Gasteiger partial charge in [-0.2, -0.15) is 0 Å². The maximum atomic E-state index is 10.6. The van der Waals surface area contributed by atoms with Crippen molar-refractivity contribution in [2.24, 2.45) is 0 Å². The van der Waals surface area contributed by atoms with E-state index in [1.807, 2.05) is 0 Å². The van der Waals surface area contributed by atoms with Crippen molar-refractivity contribution in [2.45, 2.75) is 0 Å². The minimum absolute atomic E-state index is 0.0609. The maximum Gasteiger partial charge on any atom is 0.341 e. The van der Waals surface area contributed by atoms with Crippen LogP contribution in [0.15, 0.2) is 48.8 Å². The Morgan fingerprint density at radius 1 is 1.15 bits per heavy atom. The molecule has 0 aliphatic carbocycles. The molecule has 0 bridgehead atoms. The molecule has 0 unspecified atom stereocenters. The molecule has 20 heavy (non-hydrogen) atoms. The number of aromatic carboxylic acids is 1. The summed E-state index contributed by atoms with van der Waals surface area (Å²) in [7, 11) is 1.63. The molecule has 2 rings (SSSR count). The molecule has 0 fully saturated rings. The van der Waals surface area contributed by atoms with Gasteiger partial charge < -0.3 is 9.84 Å². The number of rotatable bonds is 3. The number of nitrogens with zero attached hydrogens (tertiary/aromatic N) is 1. The van der Waals surface area contributed by atoms with E-state index in [1.165, 1.54) is 24.3 Å². The summed E-state index contributed by atoms with van der Waals surface area (Å²) in [5.74, 6) is -0.361. The Hall–Kier alpha value is -2.03. The van der Waals surface area contributed by atoms with Crippen molar-refractivity contribution in [3.8, 4) is 5.75 Å². The van der Waals surface area contributed by atoms with Crippen molar-refractivity contribution in [1.29, 1.82) is 0 Å². The first-order chi connectivity index (χ1) is 9.56. The van der Waals surface area contributed by atoms with Gasteiger partial charge in [-0.1, -0.05) is 12.1 Å². The molecule has 0 amide bonds. The number of pyridine rings is 1. The van der Waals surface area contributed by atoms with Crippen LogP contribution in [0.5, 0.6) is 5.75 Å². The van der Waals surface area contributed by atoms with Crippen molar-refractivity contribution in [2.75, 3.05) is 7.11 Å². The fourth-order valence-electron chi connectivity index (χ4n) is 1.24. The third-order valence-electron chi connectivity index (χ3n) is 2.16. The van der Waals surface area contributed by atoms with E-state index >= 15 is 0 Å². The van der Waals surface area contributed by atoms with Crippen LogP contribution in [-0.4, -0.2) is 23.2 Å². The zero-order chi connectivity index (χ0) is 15.0. The second-order valence-corrected chi connectivity index (χ2v) is 5.79. The molecule has 0 aliphatic rings. The van der Waals surface area contributed by atoms with Crippen molar-refractivity contribution in [3.05, 3.63) is 57.9 Å². The Morgan fingerprint density at radius 2 is 1.75 bits per heavy atom. The lowest BCUT2D eigenvalue weighted by atomic mass is 10.2. The Bertz CT molecular complexity index is 632. The monoisotopic (exact) mass is 389 g/mol. The van der Waals surface area contributed by atoms with Crippen molar-refractivity contribution >= 4 is 25.8 Å². The Balaban J connectivity index is 0.000000217. The van der Waals surface area contributed by atoms with E-state index < -0.39 is 25.8 Å². The summed E-state index contributed by atoms with van der Waals surface area (Å²) in [6.07, 6.45) is 3.39. The van der Waals surface area contributed by atoms with Gasteiger partial charge in [0, 0.05) is 12.4 Å². The average molecular weight is 389 g/mol. The van der Waals surface area contributed by atoms with Gasteiger partial charge in [0.25, 0.3) is 0 Å². The molecule has 1 aromatic carbocycles. The highest BCUT2D eigenvalue weighted by molar-refractivity contribution is 14.2. The van der Waals surface area contributed by atoms with Gasteiger partial charge in [0.15, 0.2) is 0 Å². The molecule has 0 saturated heterocycles. The van der Waals surface area contributed by atoms with Crippen LogP contribution in [0.4, 0.5) is 0 Å². The predicted molar refractivity (Wildman–Crippen MR) is 78.3 cm³/mol. The normalized spacial score (nSPS) is 9.50. The van der Waals surface area contributed by atoms with E-state index in [0.29, 0.717) is 0 Å². The van der Waals surface area contributed by atoms with E-state index in [0.717, 1.165) is 5.75 Å². The summed E-state index contributed by atoms with van der Waals surface area (Å²) in [6, 6.07) is 9.18. The Labute approximate surface area is 122 Å². The number of aromatic nitrogens is 1. The average Bonchev–Trinajstić information content (AvgIpc) is 2.48. The van der Waals surface area contributed by atoms with Gasteiger partial charge in [0.1, 0.15) is 5.75 Å². The Kier molecular flexibility index (Phi) is 6.57. The molecule has 0 radical (unpaired) electrons. The fraction of sp³-hybridized carbons (Fsp3) is 0.0769. The van der Waals surface area contributed by atoms with Gasteiger partial charge in [0.05, 0.1) is 16.2 Å². The minimum atomic E-state index is -3.67. The topological polar surface area (TPSA) is 93.6 Å². The molecule has 2 aromatic rings. The number of hydrogen-bond acceptors (Lipinski definition) is 5. The van der Waals surface area contributed by atoms with Crippen LogP contribution in [0.3, 0.4) is 0 Å². The van der Waals surface area contributed by atoms with Gasteiger partial charge >= 0.3 is 25.8 Å². The summed E-state index contributed by atoms with van der Waals surface area (Å²) < 4.78 is 26.0. The summed E-state index contributed by atoms with van der Waals surface area (Å²) in [5, 5.41) is 8.56. The largest absolute Gasteiger partial charge is 0.497 e. The number of ether oxygens (including phenoxy) is 1. The van der Waals surface area contributed by atoms with Crippen molar-refractivity contribution in [1.82, 2.24) is 4.98 Å². The molecular weight excluding hydrogens is 377 g/mol. The van der Waals surface area contributed by atoms with E-state index in [-0.39, 0.29) is 9.13 Å². The molecule has 0 spiro atoms. The van der Waals surface area contributed by atoms with Gasteiger partial charge in [0.2, 0.25) is 0 Å². The summed E-state index contributed by atoms with van der Waals surface area (Å²) in [5.41, 5.74) is -0.146.